The summed E-state index contributed by atoms with van der Waals surface area (Å²) in [6.45, 7) is 0. The molecule has 0 unspecified atom stereocenters. The summed E-state index contributed by atoms with van der Waals surface area (Å²) in [5.41, 5.74) is 1.67. The number of carbonyl (C=O) groups excluding carboxylic acids is 1. The lowest BCUT2D eigenvalue weighted by molar-refractivity contribution is 0.102. The van der Waals surface area contributed by atoms with Gasteiger partial charge in [0.05, 0.1) is 18.4 Å². The van der Waals surface area contributed by atoms with Crippen LogP contribution in [-0.4, -0.2) is 18.0 Å². The van der Waals surface area contributed by atoms with Crippen LogP contribution in [0.25, 0.3) is 0 Å². The molecule has 19 heavy (non-hydrogen) atoms. The number of aryl methyl sites for hydroxylation is 2. The van der Waals surface area contributed by atoms with E-state index in [0.717, 1.165) is 18.5 Å². The maximum atomic E-state index is 12.2. The summed E-state index contributed by atoms with van der Waals surface area (Å²) in [6.07, 6.45) is 3.28. The zero-order valence-electron chi connectivity index (χ0n) is 10.6. The predicted molar refractivity (Wildman–Crippen MR) is 75.1 cm³/mol. The normalized spacial score (nSPS) is 13.1. The van der Waals surface area contributed by atoms with E-state index in [0.29, 0.717) is 16.4 Å². The first-order valence-corrected chi connectivity index (χ1v) is 7.02. The molecule has 0 saturated carbocycles. The van der Waals surface area contributed by atoms with Crippen molar-refractivity contribution < 1.29 is 9.53 Å². The number of rotatable bonds is 3. The number of thiazole rings is 1. The maximum Gasteiger partial charge on any atom is 0.261 e. The van der Waals surface area contributed by atoms with Gasteiger partial charge in [-0.15, -0.1) is 11.3 Å². The highest BCUT2D eigenvalue weighted by Crippen LogP contribution is 2.31. The third-order valence-corrected chi connectivity index (χ3v) is 4.24. The first-order chi connectivity index (χ1) is 9.28. The van der Waals surface area contributed by atoms with E-state index in [1.54, 1.807) is 30.6 Å². The van der Waals surface area contributed by atoms with Gasteiger partial charge in [0.1, 0.15) is 5.75 Å². The average molecular weight is 274 g/mol. The Balaban J connectivity index is 1.80. The van der Waals surface area contributed by atoms with Crippen molar-refractivity contribution in [3.8, 4) is 5.75 Å². The van der Waals surface area contributed by atoms with Crippen molar-refractivity contribution >= 4 is 22.4 Å². The van der Waals surface area contributed by atoms with E-state index in [4.69, 9.17) is 4.74 Å². The minimum absolute atomic E-state index is 0.176. The number of hydrogen-bond donors (Lipinski definition) is 1. The number of hydrogen-bond acceptors (Lipinski definition) is 4. The standard InChI is InChI=1S/C14H14N2O2S/c1-18-11-7-3-2-5-9(11)13(17)16-14-15-10-6-4-8-12(10)19-14/h2-3,5,7H,4,6,8H2,1H3,(H,15,16,17). The molecule has 1 aliphatic rings. The zero-order chi connectivity index (χ0) is 13.2. The van der Waals surface area contributed by atoms with Crippen LogP contribution in [0, 0.1) is 0 Å². The van der Waals surface area contributed by atoms with E-state index < -0.39 is 0 Å². The van der Waals surface area contributed by atoms with Crippen molar-refractivity contribution in [1.82, 2.24) is 4.98 Å². The van der Waals surface area contributed by atoms with Crippen LogP contribution in [-0.2, 0) is 12.8 Å². The molecule has 3 rings (SSSR count). The third-order valence-electron chi connectivity index (χ3n) is 3.17. The molecule has 0 spiro atoms. The summed E-state index contributed by atoms with van der Waals surface area (Å²) < 4.78 is 5.19. The lowest BCUT2D eigenvalue weighted by Gasteiger charge is -2.07. The van der Waals surface area contributed by atoms with Gasteiger partial charge in [-0.1, -0.05) is 12.1 Å². The molecule has 0 atom stereocenters. The summed E-state index contributed by atoms with van der Waals surface area (Å²) in [4.78, 5) is 18.0. The lowest BCUT2D eigenvalue weighted by atomic mass is 10.2. The van der Waals surface area contributed by atoms with Crippen LogP contribution in [0.5, 0.6) is 5.75 Å². The van der Waals surface area contributed by atoms with Crippen molar-refractivity contribution in [2.75, 3.05) is 12.4 Å². The number of amides is 1. The van der Waals surface area contributed by atoms with Crippen LogP contribution in [0.3, 0.4) is 0 Å². The maximum absolute atomic E-state index is 12.2. The van der Waals surface area contributed by atoms with Crippen LogP contribution in [0.1, 0.15) is 27.3 Å². The topological polar surface area (TPSA) is 51.2 Å². The largest absolute Gasteiger partial charge is 0.496 e. The molecule has 2 aromatic rings. The molecule has 1 aromatic carbocycles. The van der Waals surface area contributed by atoms with Gasteiger partial charge < -0.3 is 4.74 Å². The van der Waals surface area contributed by atoms with E-state index in [1.165, 1.54) is 11.3 Å². The highest BCUT2D eigenvalue weighted by Gasteiger charge is 2.19. The van der Waals surface area contributed by atoms with Gasteiger partial charge in [0.2, 0.25) is 0 Å². The average Bonchev–Trinajstić information content (AvgIpc) is 2.99. The first-order valence-electron chi connectivity index (χ1n) is 6.21. The van der Waals surface area contributed by atoms with Gasteiger partial charge in [0, 0.05) is 4.88 Å². The SMILES string of the molecule is COc1ccccc1C(=O)Nc1nc2c(s1)CCC2. The molecular weight excluding hydrogens is 260 g/mol. The number of methoxy groups -OCH3 is 1. The smallest absolute Gasteiger partial charge is 0.261 e. The minimum Gasteiger partial charge on any atom is -0.496 e. The second-order valence-corrected chi connectivity index (χ2v) is 5.48. The lowest BCUT2D eigenvalue weighted by Crippen LogP contribution is -2.13. The Bertz CT molecular complexity index is 600. The molecule has 0 aliphatic heterocycles. The van der Waals surface area contributed by atoms with Crippen molar-refractivity contribution in [2.45, 2.75) is 19.3 Å². The van der Waals surface area contributed by atoms with E-state index in [1.807, 2.05) is 12.1 Å². The van der Waals surface area contributed by atoms with Crippen LogP contribution >= 0.6 is 11.3 Å². The molecule has 0 radical (unpaired) electrons. The van der Waals surface area contributed by atoms with E-state index in [9.17, 15) is 4.79 Å². The van der Waals surface area contributed by atoms with Crippen molar-refractivity contribution in [1.29, 1.82) is 0 Å². The number of nitrogens with zero attached hydrogens (tertiary/aromatic N) is 1. The van der Waals surface area contributed by atoms with Gasteiger partial charge in [-0.2, -0.15) is 0 Å². The predicted octanol–water partition coefficient (Wildman–Crippen LogP) is 2.89. The molecule has 98 valence electrons. The Kier molecular flexibility index (Phi) is 3.21. The van der Waals surface area contributed by atoms with Crippen LogP contribution < -0.4 is 10.1 Å². The number of carbonyl (C=O) groups is 1. The Morgan fingerprint density at radius 1 is 1.37 bits per heavy atom. The van der Waals surface area contributed by atoms with Gasteiger partial charge in [0.15, 0.2) is 5.13 Å². The molecule has 4 nitrogen and oxygen atoms in total. The van der Waals surface area contributed by atoms with Crippen LogP contribution in [0.4, 0.5) is 5.13 Å². The van der Waals surface area contributed by atoms with Crippen molar-refractivity contribution in [2.24, 2.45) is 0 Å². The number of ether oxygens (including phenoxy) is 1. The Morgan fingerprint density at radius 3 is 3.00 bits per heavy atom. The molecular formula is C14H14N2O2S. The van der Waals surface area contributed by atoms with Gasteiger partial charge in [0.25, 0.3) is 5.91 Å². The quantitative estimate of drug-likeness (QED) is 0.936. The molecule has 1 aromatic heterocycles. The highest BCUT2D eigenvalue weighted by molar-refractivity contribution is 7.16. The molecule has 0 saturated heterocycles. The second kappa shape index (κ2) is 5.01. The first kappa shape index (κ1) is 12.2. The molecule has 5 heteroatoms. The third kappa shape index (κ3) is 2.33. The van der Waals surface area contributed by atoms with Crippen LogP contribution in [0.2, 0.25) is 0 Å². The molecule has 1 aliphatic carbocycles. The molecule has 1 amide bonds. The van der Waals surface area contributed by atoms with Crippen molar-refractivity contribution in [3.63, 3.8) is 0 Å². The molecule has 1 N–H and O–H groups in total. The van der Waals surface area contributed by atoms with Gasteiger partial charge in [-0.25, -0.2) is 4.98 Å². The number of anilines is 1. The van der Waals surface area contributed by atoms with Gasteiger partial charge >= 0.3 is 0 Å². The second-order valence-electron chi connectivity index (χ2n) is 4.40. The van der Waals surface area contributed by atoms with E-state index >= 15 is 0 Å². The number of nitrogens with one attached hydrogen (secondary N) is 1. The Labute approximate surface area is 115 Å². The summed E-state index contributed by atoms with van der Waals surface area (Å²) in [7, 11) is 1.56. The number of aromatic nitrogens is 1. The summed E-state index contributed by atoms with van der Waals surface area (Å²) in [5, 5.41) is 3.53. The summed E-state index contributed by atoms with van der Waals surface area (Å²) in [5.74, 6) is 0.397. The fourth-order valence-electron chi connectivity index (χ4n) is 2.24. The molecule has 1 heterocycles. The highest BCUT2D eigenvalue weighted by atomic mass is 32.1. The summed E-state index contributed by atoms with van der Waals surface area (Å²) >= 11 is 1.57. The van der Waals surface area contributed by atoms with Gasteiger partial charge in [-0.05, 0) is 31.4 Å². The molecule has 0 fully saturated rings. The molecule has 0 bridgehead atoms. The van der Waals surface area contributed by atoms with Gasteiger partial charge in [-0.3, -0.25) is 10.1 Å². The fourth-order valence-corrected chi connectivity index (χ4v) is 3.29. The van der Waals surface area contributed by atoms with E-state index in [-0.39, 0.29) is 5.91 Å². The van der Waals surface area contributed by atoms with Crippen molar-refractivity contribution in [3.05, 3.63) is 40.4 Å². The Morgan fingerprint density at radius 2 is 2.21 bits per heavy atom. The minimum atomic E-state index is -0.176. The number of para-hydroxylation sites is 1. The Hall–Kier alpha value is -1.88. The van der Waals surface area contributed by atoms with Crippen LogP contribution in [0.15, 0.2) is 24.3 Å². The number of fused-ring (bicyclic) bond motifs is 1. The van der Waals surface area contributed by atoms with E-state index in [2.05, 4.69) is 10.3 Å². The monoisotopic (exact) mass is 274 g/mol. The summed E-state index contributed by atoms with van der Waals surface area (Å²) in [6, 6.07) is 7.18. The zero-order valence-corrected chi connectivity index (χ0v) is 11.4. The number of benzene rings is 1. The fraction of sp³-hybridized carbons (Fsp3) is 0.286.